The Morgan fingerprint density at radius 1 is 1.21 bits per heavy atom. The molecular weight excluding hydrogens is 182 g/mol. The van der Waals surface area contributed by atoms with Crippen molar-refractivity contribution in [3.8, 4) is 0 Å². The van der Waals surface area contributed by atoms with Gasteiger partial charge in [-0.15, -0.1) is 0 Å². The molecule has 0 aliphatic carbocycles. The number of hydrogen-bond acceptors (Lipinski definition) is 4. The fraction of sp³-hybridized carbons (Fsp3) is 0. The number of para-hydroxylation sites is 1. The van der Waals surface area contributed by atoms with Crippen LogP contribution in [-0.4, -0.2) is 24.5 Å². The third-order valence-electron chi connectivity index (χ3n) is 1.19. The van der Waals surface area contributed by atoms with Crippen molar-refractivity contribution in [2.45, 2.75) is 0 Å². The number of rotatable bonds is 1. The van der Waals surface area contributed by atoms with Gasteiger partial charge in [-0.25, -0.2) is 4.79 Å². The summed E-state index contributed by atoms with van der Waals surface area (Å²) in [6, 6.07) is 6.36. The lowest BCUT2D eigenvalue weighted by Gasteiger charge is -1.96. The predicted octanol–water partition coefficient (Wildman–Crippen LogP) is 1.50. The van der Waals surface area contributed by atoms with Crippen LogP contribution in [0.1, 0.15) is 10.4 Å². The topological polar surface area (TPSA) is 111 Å². The van der Waals surface area contributed by atoms with Crippen LogP contribution < -0.4 is 5.73 Å². The molecule has 0 saturated heterocycles. The molecule has 14 heavy (non-hydrogen) atoms. The Hall–Kier alpha value is -2.17. The molecule has 5 nitrogen and oxygen atoms in total. The third-order valence-corrected chi connectivity index (χ3v) is 1.19. The Morgan fingerprint density at radius 3 is 1.93 bits per heavy atom. The number of carboxylic acid groups (broad SMARTS) is 1. The maximum atomic E-state index is 10.3. The molecular formula is C9H13N3O2. The minimum absolute atomic E-state index is 0.155. The number of aromatic carboxylic acids is 1. The normalized spacial score (nSPS) is 7.14. The summed E-state index contributed by atoms with van der Waals surface area (Å²) in [5.74, 6) is -0.988. The first-order valence-electron chi connectivity index (χ1n) is 3.50. The maximum absolute atomic E-state index is 10.3. The summed E-state index contributed by atoms with van der Waals surface area (Å²) >= 11 is 0. The minimum Gasteiger partial charge on any atom is -0.478 e. The molecule has 1 aromatic carbocycles. The average molecular weight is 195 g/mol. The highest BCUT2D eigenvalue weighted by Gasteiger charge is 2.03. The molecule has 5 heteroatoms. The number of nitrogens with two attached hydrogens (primary N) is 1. The van der Waals surface area contributed by atoms with Crippen LogP contribution in [0.4, 0.5) is 5.69 Å². The van der Waals surface area contributed by atoms with Crippen molar-refractivity contribution in [2.75, 3.05) is 5.73 Å². The lowest BCUT2D eigenvalue weighted by Crippen LogP contribution is -2.00. The van der Waals surface area contributed by atoms with Crippen molar-refractivity contribution < 1.29 is 9.90 Å². The molecule has 0 spiro atoms. The van der Waals surface area contributed by atoms with Crippen molar-refractivity contribution in [1.82, 2.24) is 0 Å². The zero-order valence-corrected chi connectivity index (χ0v) is 7.66. The van der Waals surface area contributed by atoms with Crippen molar-refractivity contribution in [3.05, 3.63) is 29.8 Å². The Morgan fingerprint density at radius 2 is 1.64 bits per heavy atom. The molecule has 0 aliphatic heterocycles. The first-order chi connectivity index (χ1) is 6.72. The van der Waals surface area contributed by atoms with Gasteiger partial charge in [-0.1, -0.05) is 12.1 Å². The molecule has 0 aromatic heterocycles. The highest BCUT2D eigenvalue weighted by molar-refractivity contribution is 5.93. The number of hydrogen-bond donors (Lipinski definition) is 4. The van der Waals surface area contributed by atoms with Crippen LogP contribution in [0.15, 0.2) is 24.3 Å². The summed E-state index contributed by atoms with van der Waals surface area (Å²) in [7, 11) is 0. The fourth-order valence-electron chi connectivity index (χ4n) is 0.692. The van der Waals surface area contributed by atoms with Gasteiger partial charge in [-0.05, 0) is 25.6 Å². The van der Waals surface area contributed by atoms with Gasteiger partial charge in [0.15, 0.2) is 0 Å². The average Bonchev–Trinajstić information content (AvgIpc) is 2.24. The zero-order valence-electron chi connectivity index (χ0n) is 7.66. The van der Waals surface area contributed by atoms with Crippen LogP contribution in [0.2, 0.25) is 0 Å². The number of carbonyl (C=O) groups is 1. The van der Waals surface area contributed by atoms with Crippen LogP contribution in [0.25, 0.3) is 0 Å². The number of benzene rings is 1. The minimum atomic E-state index is -0.988. The summed E-state index contributed by atoms with van der Waals surface area (Å²) in [4.78, 5) is 10.3. The van der Waals surface area contributed by atoms with Crippen LogP contribution >= 0.6 is 0 Å². The van der Waals surface area contributed by atoms with Gasteiger partial charge in [-0.2, -0.15) is 0 Å². The molecule has 5 N–H and O–H groups in total. The Kier molecular flexibility index (Phi) is 9.15. The van der Waals surface area contributed by atoms with Crippen molar-refractivity contribution in [2.24, 2.45) is 0 Å². The van der Waals surface area contributed by atoms with E-state index >= 15 is 0 Å². The van der Waals surface area contributed by atoms with Crippen LogP contribution in [-0.2, 0) is 0 Å². The maximum Gasteiger partial charge on any atom is 0.337 e. The molecule has 0 heterocycles. The van der Waals surface area contributed by atoms with Gasteiger partial charge in [0.2, 0.25) is 0 Å². The van der Waals surface area contributed by atoms with E-state index in [1.54, 1.807) is 18.2 Å². The van der Waals surface area contributed by atoms with Crippen molar-refractivity contribution >= 4 is 25.1 Å². The standard InChI is InChI=1S/C7H7NO2.2CH3N/c8-6-4-2-1-3-5(6)7(9)10;2*1-2/h1-4H,8H2,(H,9,10);2*2H,1H2. The lowest BCUT2D eigenvalue weighted by atomic mass is 10.2. The van der Waals surface area contributed by atoms with Gasteiger partial charge in [0.05, 0.1) is 5.56 Å². The molecule has 0 aliphatic rings. The highest BCUT2D eigenvalue weighted by Crippen LogP contribution is 2.08. The Bertz CT molecular complexity index is 287. The molecule has 1 rings (SSSR count). The summed E-state index contributed by atoms with van der Waals surface area (Å²) in [5, 5.41) is 19.5. The quantitative estimate of drug-likeness (QED) is 0.402. The first kappa shape index (κ1) is 14.4. The highest BCUT2D eigenvalue weighted by atomic mass is 16.4. The second kappa shape index (κ2) is 8.92. The largest absolute Gasteiger partial charge is 0.478 e. The van der Waals surface area contributed by atoms with Gasteiger partial charge in [-0.3, -0.25) is 0 Å². The smallest absolute Gasteiger partial charge is 0.337 e. The van der Waals surface area contributed by atoms with E-state index in [2.05, 4.69) is 13.4 Å². The fourth-order valence-corrected chi connectivity index (χ4v) is 0.692. The second-order valence-corrected chi connectivity index (χ2v) is 1.89. The zero-order chi connectivity index (χ0) is 11.6. The third kappa shape index (κ3) is 4.66. The molecule has 0 radical (unpaired) electrons. The molecule has 1 aromatic rings. The molecule has 0 unspecified atom stereocenters. The molecule has 0 saturated carbocycles. The van der Waals surface area contributed by atoms with E-state index < -0.39 is 5.97 Å². The van der Waals surface area contributed by atoms with Gasteiger partial charge in [0.25, 0.3) is 0 Å². The van der Waals surface area contributed by atoms with Gasteiger partial charge in [0, 0.05) is 5.69 Å². The van der Waals surface area contributed by atoms with Crippen LogP contribution in [0.5, 0.6) is 0 Å². The number of carboxylic acids is 1. The molecule has 0 bridgehead atoms. The van der Waals surface area contributed by atoms with Crippen LogP contribution in [0.3, 0.4) is 0 Å². The lowest BCUT2D eigenvalue weighted by molar-refractivity contribution is 0.0698. The number of nitrogens with one attached hydrogen (secondary N) is 2. The summed E-state index contributed by atoms with van der Waals surface area (Å²) in [6.07, 6.45) is 0. The molecule has 76 valence electrons. The molecule has 0 amide bonds. The van der Waals surface area contributed by atoms with E-state index in [1.165, 1.54) is 6.07 Å². The van der Waals surface area contributed by atoms with Crippen LogP contribution in [0, 0.1) is 10.8 Å². The Balaban J connectivity index is 0. The summed E-state index contributed by atoms with van der Waals surface area (Å²) < 4.78 is 0. The van der Waals surface area contributed by atoms with E-state index in [-0.39, 0.29) is 5.56 Å². The number of nitrogen functional groups attached to an aromatic ring is 1. The van der Waals surface area contributed by atoms with E-state index in [9.17, 15) is 4.79 Å². The van der Waals surface area contributed by atoms with Crippen molar-refractivity contribution in [3.63, 3.8) is 0 Å². The monoisotopic (exact) mass is 195 g/mol. The van der Waals surface area contributed by atoms with Gasteiger partial charge < -0.3 is 21.7 Å². The summed E-state index contributed by atoms with van der Waals surface area (Å²) in [5.41, 5.74) is 5.80. The van der Waals surface area contributed by atoms with E-state index in [1.807, 2.05) is 0 Å². The summed E-state index contributed by atoms with van der Waals surface area (Å²) in [6.45, 7) is 5.00. The Labute approximate surface area is 82.2 Å². The first-order valence-corrected chi connectivity index (χ1v) is 3.50. The second-order valence-electron chi connectivity index (χ2n) is 1.89. The van der Waals surface area contributed by atoms with Crippen molar-refractivity contribution in [1.29, 1.82) is 10.8 Å². The molecule has 0 fully saturated rings. The van der Waals surface area contributed by atoms with Gasteiger partial charge >= 0.3 is 5.97 Å². The molecule has 0 atom stereocenters. The number of anilines is 1. The van der Waals surface area contributed by atoms with E-state index in [4.69, 9.17) is 21.7 Å². The van der Waals surface area contributed by atoms with E-state index in [0.29, 0.717) is 5.69 Å². The predicted molar refractivity (Wildman–Crippen MR) is 57.5 cm³/mol. The van der Waals surface area contributed by atoms with Gasteiger partial charge in [0.1, 0.15) is 0 Å². The SMILES string of the molecule is C=N.C=N.Nc1ccccc1C(=O)O. The van der Waals surface area contributed by atoms with E-state index in [0.717, 1.165) is 0 Å².